The van der Waals surface area contributed by atoms with Gasteiger partial charge in [-0.2, -0.15) is 0 Å². The lowest BCUT2D eigenvalue weighted by atomic mass is 10.1. The van der Waals surface area contributed by atoms with Crippen LogP contribution in [0.2, 0.25) is 0 Å². The molecule has 1 saturated carbocycles. The number of carbonyl (C=O) groups is 1. The molecule has 1 aromatic rings. The van der Waals surface area contributed by atoms with Gasteiger partial charge in [0.25, 0.3) is 5.91 Å². The van der Waals surface area contributed by atoms with E-state index in [9.17, 15) is 4.79 Å². The normalized spacial score (nSPS) is 17.4. The van der Waals surface area contributed by atoms with Crippen molar-refractivity contribution in [2.45, 2.75) is 51.7 Å². The first-order valence-electron chi connectivity index (χ1n) is 6.88. The summed E-state index contributed by atoms with van der Waals surface area (Å²) in [5.74, 6) is -0.111. The highest BCUT2D eigenvalue weighted by atomic mass is 16.5. The zero-order valence-electron chi connectivity index (χ0n) is 11.6. The Labute approximate surface area is 114 Å². The van der Waals surface area contributed by atoms with Gasteiger partial charge in [-0.25, -0.2) is 0 Å². The summed E-state index contributed by atoms with van der Waals surface area (Å²) >= 11 is 0. The largest absolute Gasteiger partial charge is 0.399 e. The monoisotopic (exact) mass is 262 g/mol. The highest BCUT2D eigenvalue weighted by Crippen LogP contribution is 2.23. The number of benzene rings is 1. The average Bonchev–Trinajstić information content (AvgIpc) is 2.86. The molecular formula is C15H22N2O2. The van der Waals surface area contributed by atoms with Crippen LogP contribution in [-0.2, 0) is 9.53 Å². The Balaban J connectivity index is 1.93. The van der Waals surface area contributed by atoms with Gasteiger partial charge in [-0.05, 0) is 44.4 Å². The van der Waals surface area contributed by atoms with Crippen molar-refractivity contribution in [2.75, 3.05) is 11.1 Å². The van der Waals surface area contributed by atoms with E-state index in [1.54, 1.807) is 13.0 Å². The summed E-state index contributed by atoms with van der Waals surface area (Å²) in [4.78, 5) is 12.1. The Morgan fingerprint density at radius 2 is 2.11 bits per heavy atom. The first kappa shape index (κ1) is 13.9. The standard InChI is InChI=1S/C15H22N2O2/c1-10-7-8-12(16)9-14(10)17-15(18)11(2)19-13-5-3-4-6-13/h7-9,11,13H,3-6,16H2,1-2H3,(H,17,18). The van der Waals surface area contributed by atoms with Crippen LogP contribution in [0, 0.1) is 6.92 Å². The number of rotatable bonds is 4. The SMILES string of the molecule is Cc1ccc(N)cc1NC(=O)C(C)OC1CCCC1. The van der Waals surface area contributed by atoms with E-state index in [1.807, 2.05) is 19.1 Å². The molecule has 1 aromatic carbocycles. The molecule has 3 N–H and O–H groups in total. The van der Waals surface area contributed by atoms with Gasteiger partial charge >= 0.3 is 0 Å². The molecular weight excluding hydrogens is 240 g/mol. The van der Waals surface area contributed by atoms with Gasteiger partial charge in [0.05, 0.1) is 6.10 Å². The maximum absolute atomic E-state index is 12.1. The fourth-order valence-corrected chi connectivity index (χ4v) is 2.38. The number of hydrogen-bond donors (Lipinski definition) is 2. The fourth-order valence-electron chi connectivity index (χ4n) is 2.38. The summed E-state index contributed by atoms with van der Waals surface area (Å²) in [7, 11) is 0. The molecule has 0 aromatic heterocycles. The third kappa shape index (κ3) is 3.70. The second-order valence-electron chi connectivity index (χ2n) is 5.25. The van der Waals surface area contributed by atoms with E-state index in [0.717, 1.165) is 24.1 Å². The smallest absolute Gasteiger partial charge is 0.253 e. The number of aryl methyl sites for hydroxylation is 1. The molecule has 0 heterocycles. The lowest BCUT2D eigenvalue weighted by Gasteiger charge is -2.18. The molecule has 0 aliphatic heterocycles. The summed E-state index contributed by atoms with van der Waals surface area (Å²) in [6, 6.07) is 5.49. The minimum Gasteiger partial charge on any atom is -0.399 e. The molecule has 0 spiro atoms. The number of nitrogens with two attached hydrogens (primary N) is 1. The average molecular weight is 262 g/mol. The topological polar surface area (TPSA) is 64.3 Å². The van der Waals surface area contributed by atoms with E-state index in [2.05, 4.69) is 5.32 Å². The van der Waals surface area contributed by atoms with Crippen molar-refractivity contribution in [3.8, 4) is 0 Å². The van der Waals surface area contributed by atoms with Crippen LogP contribution in [0.15, 0.2) is 18.2 Å². The van der Waals surface area contributed by atoms with E-state index in [0.29, 0.717) is 5.69 Å². The quantitative estimate of drug-likeness (QED) is 0.820. The zero-order valence-corrected chi connectivity index (χ0v) is 11.6. The predicted octanol–water partition coefficient (Wildman–Crippen LogP) is 2.86. The van der Waals surface area contributed by atoms with Crippen molar-refractivity contribution in [1.82, 2.24) is 0 Å². The van der Waals surface area contributed by atoms with Crippen LogP contribution >= 0.6 is 0 Å². The third-order valence-electron chi connectivity index (χ3n) is 3.59. The number of amides is 1. The maximum atomic E-state index is 12.1. The summed E-state index contributed by atoms with van der Waals surface area (Å²) < 4.78 is 5.77. The molecule has 4 nitrogen and oxygen atoms in total. The molecule has 0 saturated heterocycles. The van der Waals surface area contributed by atoms with Gasteiger partial charge in [-0.3, -0.25) is 4.79 Å². The second kappa shape index (κ2) is 6.06. The van der Waals surface area contributed by atoms with Crippen molar-refractivity contribution < 1.29 is 9.53 Å². The van der Waals surface area contributed by atoms with Crippen molar-refractivity contribution in [1.29, 1.82) is 0 Å². The number of anilines is 2. The van der Waals surface area contributed by atoms with Gasteiger partial charge in [0.15, 0.2) is 0 Å². The van der Waals surface area contributed by atoms with E-state index in [4.69, 9.17) is 10.5 Å². The molecule has 19 heavy (non-hydrogen) atoms. The zero-order chi connectivity index (χ0) is 13.8. The van der Waals surface area contributed by atoms with Crippen LogP contribution < -0.4 is 11.1 Å². The summed E-state index contributed by atoms with van der Waals surface area (Å²) in [6.07, 6.45) is 4.34. The van der Waals surface area contributed by atoms with Gasteiger partial charge in [0.1, 0.15) is 6.10 Å². The number of nitrogen functional groups attached to an aromatic ring is 1. The first-order valence-corrected chi connectivity index (χ1v) is 6.88. The third-order valence-corrected chi connectivity index (χ3v) is 3.59. The first-order chi connectivity index (χ1) is 9.06. The molecule has 1 aliphatic carbocycles. The van der Waals surface area contributed by atoms with Crippen LogP contribution in [0.5, 0.6) is 0 Å². The Morgan fingerprint density at radius 3 is 2.79 bits per heavy atom. The molecule has 0 bridgehead atoms. The van der Waals surface area contributed by atoms with Crippen molar-refractivity contribution in [3.63, 3.8) is 0 Å². The van der Waals surface area contributed by atoms with Gasteiger partial charge in [-0.1, -0.05) is 18.9 Å². The van der Waals surface area contributed by atoms with E-state index in [1.165, 1.54) is 12.8 Å². The van der Waals surface area contributed by atoms with Crippen LogP contribution in [0.25, 0.3) is 0 Å². The summed E-state index contributed by atoms with van der Waals surface area (Å²) in [5, 5.41) is 2.88. The lowest BCUT2D eigenvalue weighted by molar-refractivity contribution is -0.129. The number of ether oxygens (including phenoxy) is 1. The van der Waals surface area contributed by atoms with E-state index in [-0.39, 0.29) is 12.0 Å². The maximum Gasteiger partial charge on any atom is 0.253 e. The Kier molecular flexibility index (Phi) is 4.43. The Morgan fingerprint density at radius 1 is 1.42 bits per heavy atom. The van der Waals surface area contributed by atoms with Crippen LogP contribution in [-0.4, -0.2) is 18.1 Å². The van der Waals surface area contributed by atoms with Gasteiger partial charge < -0.3 is 15.8 Å². The Bertz CT molecular complexity index is 453. The molecule has 1 fully saturated rings. The number of hydrogen-bond acceptors (Lipinski definition) is 3. The van der Waals surface area contributed by atoms with Crippen molar-refractivity contribution in [2.24, 2.45) is 0 Å². The van der Waals surface area contributed by atoms with Crippen LogP contribution in [0.4, 0.5) is 11.4 Å². The second-order valence-corrected chi connectivity index (χ2v) is 5.25. The molecule has 2 rings (SSSR count). The van der Waals surface area contributed by atoms with E-state index < -0.39 is 6.10 Å². The molecule has 104 valence electrons. The molecule has 1 aliphatic rings. The van der Waals surface area contributed by atoms with Crippen LogP contribution in [0.1, 0.15) is 38.2 Å². The predicted molar refractivity (Wildman–Crippen MR) is 77.0 cm³/mol. The summed E-state index contributed by atoms with van der Waals surface area (Å²) in [5.41, 5.74) is 8.12. The number of carbonyl (C=O) groups excluding carboxylic acids is 1. The molecule has 1 atom stereocenters. The van der Waals surface area contributed by atoms with Gasteiger partial charge in [0.2, 0.25) is 0 Å². The van der Waals surface area contributed by atoms with Crippen LogP contribution in [0.3, 0.4) is 0 Å². The molecule has 4 heteroatoms. The van der Waals surface area contributed by atoms with Gasteiger partial charge in [0, 0.05) is 11.4 Å². The molecule has 1 unspecified atom stereocenters. The fraction of sp³-hybridized carbons (Fsp3) is 0.533. The molecule has 1 amide bonds. The summed E-state index contributed by atoms with van der Waals surface area (Å²) in [6.45, 7) is 3.74. The van der Waals surface area contributed by atoms with Gasteiger partial charge in [-0.15, -0.1) is 0 Å². The molecule has 0 radical (unpaired) electrons. The Hall–Kier alpha value is -1.55. The lowest BCUT2D eigenvalue weighted by Crippen LogP contribution is -2.31. The minimum absolute atomic E-state index is 0.111. The van der Waals surface area contributed by atoms with Crippen molar-refractivity contribution >= 4 is 17.3 Å². The van der Waals surface area contributed by atoms with Crippen molar-refractivity contribution in [3.05, 3.63) is 23.8 Å². The number of nitrogens with one attached hydrogen (secondary N) is 1. The minimum atomic E-state index is -0.427. The highest BCUT2D eigenvalue weighted by molar-refractivity contribution is 5.95. The highest BCUT2D eigenvalue weighted by Gasteiger charge is 2.22. The van der Waals surface area contributed by atoms with E-state index >= 15 is 0 Å².